The number of hydrogen-bond acceptors (Lipinski definition) is 3. The van der Waals surface area contributed by atoms with Crippen LogP contribution in [-0.4, -0.2) is 25.2 Å². The molecule has 0 aliphatic carbocycles. The molecule has 1 aromatic rings. The molecular formula is C10H11FN2O3S. The van der Waals surface area contributed by atoms with E-state index >= 15 is 0 Å². The molecule has 7 heteroatoms. The van der Waals surface area contributed by atoms with E-state index in [4.69, 9.17) is 5.73 Å². The van der Waals surface area contributed by atoms with E-state index in [1.54, 1.807) is 12.1 Å². The zero-order valence-corrected chi connectivity index (χ0v) is 9.71. The van der Waals surface area contributed by atoms with Gasteiger partial charge in [0.2, 0.25) is 5.91 Å². The third kappa shape index (κ3) is 2.45. The molecule has 0 unspecified atom stereocenters. The predicted octanol–water partition coefficient (Wildman–Crippen LogP) is 0.358. The number of halogens is 1. The second-order valence-electron chi connectivity index (χ2n) is 3.87. The summed E-state index contributed by atoms with van der Waals surface area (Å²) in [5.74, 6) is -0.590. The Morgan fingerprint density at radius 1 is 1.35 bits per heavy atom. The average Bonchev–Trinajstić information content (AvgIpc) is 2.26. The molecule has 0 fully saturated rings. The first-order valence-electron chi connectivity index (χ1n) is 4.99. The van der Waals surface area contributed by atoms with Crippen molar-refractivity contribution in [3.05, 3.63) is 34.9 Å². The van der Waals surface area contributed by atoms with Crippen molar-refractivity contribution in [2.24, 2.45) is 5.73 Å². The highest BCUT2D eigenvalue weighted by atomic mass is 32.3. The van der Waals surface area contributed by atoms with Crippen LogP contribution in [0.3, 0.4) is 0 Å². The highest BCUT2D eigenvalue weighted by Crippen LogP contribution is 2.22. The van der Waals surface area contributed by atoms with E-state index in [-0.39, 0.29) is 13.1 Å². The van der Waals surface area contributed by atoms with E-state index in [9.17, 15) is 17.1 Å². The van der Waals surface area contributed by atoms with E-state index in [1.165, 1.54) is 6.07 Å². The monoisotopic (exact) mass is 258 g/mol. The van der Waals surface area contributed by atoms with Crippen molar-refractivity contribution in [3.8, 4) is 0 Å². The van der Waals surface area contributed by atoms with Crippen molar-refractivity contribution in [1.82, 2.24) is 4.31 Å². The van der Waals surface area contributed by atoms with E-state index in [1.807, 2.05) is 0 Å². The smallest absolute Gasteiger partial charge is 0.366 e. The lowest BCUT2D eigenvalue weighted by Crippen LogP contribution is -2.33. The van der Waals surface area contributed by atoms with Crippen LogP contribution in [0.5, 0.6) is 0 Å². The van der Waals surface area contributed by atoms with Gasteiger partial charge in [-0.3, -0.25) is 4.79 Å². The van der Waals surface area contributed by atoms with Crippen LogP contribution in [0, 0.1) is 0 Å². The molecular weight excluding hydrogens is 247 g/mol. The average molecular weight is 258 g/mol. The molecule has 0 spiro atoms. The van der Waals surface area contributed by atoms with Crippen LogP contribution in [0.4, 0.5) is 3.89 Å². The van der Waals surface area contributed by atoms with Gasteiger partial charge in [0.25, 0.3) is 0 Å². The first-order valence-corrected chi connectivity index (χ1v) is 6.33. The lowest BCUT2D eigenvalue weighted by Gasteiger charge is -2.24. The number of hydrogen-bond donors (Lipinski definition) is 1. The van der Waals surface area contributed by atoms with E-state index < -0.39 is 16.3 Å². The van der Waals surface area contributed by atoms with Gasteiger partial charge in [-0.1, -0.05) is 9.95 Å². The normalized spacial score (nSPS) is 16.5. The SMILES string of the molecule is NC(=O)c1ccc2c(c1)CN(S(=O)(=O)F)CC2. The fourth-order valence-electron chi connectivity index (χ4n) is 1.87. The summed E-state index contributed by atoms with van der Waals surface area (Å²) in [5.41, 5.74) is 6.95. The first-order chi connectivity index (χ1) is 7.88. The van der Waals surface area contributed by atoms with E-state index in [2.05, 4.69) is 0 Å². The van der Waals surface area contributed by atoms with Crippen molar-refractivity contribution >= 4 is 16.3 Å². The van der Waals surface area contributed by atoms with Gasteiger partial charge in [0.15, 0.2) is 0 Å². The fraction of sp³-hybridized carbons (Fsp3) is 0.300. The minimum absolute atomic E-state index is 0.0602. The zero-order valence-electron chi connectivity index (χ0n) is 8.89. The molecule has 0 saturated carbocycles. The van der Waals surface area contributed by atoms with Crippen molar-refractivity contribution in [1.29, 1.82) is 0 Å². The number of benzene rings is 1. The Kier molecular flexibility index (Phi) is 2.88. The van der Waals surface area contributed by atoms with Crippen molar-refractivity contribution < 1.29 is 17.1 Å². The van der Waals surface area contributed by atoms with Crippen LogP contribution in [-0.2, 0) is 23.4 Å². The lowest BCUT2D eigenvalue weighted by molar-refractivity contribution is 0.1000. The lowest BCUT2D eigenvalue weighted by atomic mass is 9.98. The Bertz CT molecular complexity index is 571. The minimum atomic E-state index is -4.68. The molecule has 0 aromatic heterocycles. The molecule has 17 heavy (non-hydrogen) atoms. The van der Waals surface area contributed by atoms with Crippen molar-refractivity contribution in [2.75, 3.05) is 6.54 Å². The Balaban J connectivity index is 2.36. The van der Waals surface area contributed by atoms with Gasteiger partial charge >= 0.3 is 10.4 Å². The number of carbonyl (C=O) groups excluding carboxylic acids is 1. The van der Waals surface area contributed by atoms with Crippen LogP contribution in [0.15, 0.2) is 18.2 Å². The Morgan fingerprint density at radius 2 is 2.06 bits per heavy atom. The Labute approximate surface area is 98.4 Å². The number of carbonyl (C=O) groups is 1. The summed E-state index contributed by atoms with van der Waals surface area (Å²) in [6, 6.07) is 4.81. The summed E-state index contributed by atoms with van der Waals surface area (Å²) >= 11 is 0. The molecule has 1 aromatic carbocycles. The van der Waals surface area contributed by atoms with Crippen LogP contribution in [0.25, 0.3) is 0 Å². The van der Waals surface area contributed by atoms with Gasteiger partial charge in [0.05, 0.1) is 0 Å². The molecule has 0 saturated heterocycles. The van der Waals surface area contributed by atoms with Crippen LogP contribution in [0.2, 0.25) is 0 Å². The van der Waals surface area contributed by atoms with Crippen molar-refractivity contribution in [2.45, 2.75) is 13.0 Å². The van der Waals surface area contributed by atoms with Gasteiger partial charge in [-0.15, -0.1) is 0 Å². The number of nitrogens with zero attached hydrogens (tertiary/aromatic N) is 1. The summed E-state index contributed by atoms with van der Waals surface area (Å²) in [4.78, 5) is 11.0. The largest absolute Gasteiger partial charge is 0.375 e. The predicted molar refractivity (Wildman–Crippen MR) is 59.1 cm³/mol. The second-order valence-corrected chi connectivity index (χ2v) is 5.21. The maximum Gasteiger partial charge on any atom is 0.375 e. The minimum Gasteiger partial charge on any atom is -0.366 e. The Morgan fingerprint density at radius 3 is 2.65 bits per heavy atom. The van der Waals surface area contributed by atoms with Gasteiger partial charge in [0.1, 0.15) is 0 Å². The standard InChI is InChI=1S/C10H11FN2O3S/c11-17(15,16)13-4-3-7-1-2-8(10(12)14)5-9(7)6-13/h1-2,5H,3-4,6H2,(H2,12,14). The molecule has 1 heterocycles. The van der Waals surface area contributed by atoms with Gasteiger partial charge in [-0.25, -0.2) is 0 Å². The maximum absolute atomic E-state index is 12.8. The quantitative estimate of drug-likeness (QED) is 0.778. The highest BCUT2D eigenvalue weighted by molar-refractivity contribution is 7.83. The molecule has 92 valence electrons. The van der Waals surface area contributed by atoms with Gasteiger partial charge < -0.3 is 5.73 Å². The number of rotatable bonds is 2. The van der Waals surface area contributed by atoms with Crippen LogP contribution >= 0.6 is 0 Å². The van der Waals surface area contributed by atoms with Gasteiger partial charge in [0, 0.05) is 18.7 Å². The van der Waals surface area contributed by atoms with E-state index in [0.29, 0.717) is 17.5 Å². The first kappa shape index (κ1) is 12.0. The zero-order chi connectivity index (χ0) is 12.6. The topological polar surface area (TPSA) is 80.5 Å². The molecule has 5 nitrogen and oxygen atoms in total. The van der Waals surface area contributed by atoms with Crippen molar-refractivity contribution in [3.63, 3.8) is 0 Å². The van der Waals surface area contributed by atoms with E-state index in [0.717, 1.165) is 9.87 Å². The molecule has 2 rings (SSSR count). The number of fused-ring (bicyclic) bond motifs is 1. The number of nitrogens with two attached hydrogens (primary N) is 1. The van der Waals surface area contributed by atoms with Crippen LogP contribution in [0.1, 0.15) is 21.5 Å². The molecule has 1 amide bonds. The number of amides is 1. The molecule has 1 aliphatic heterocycles. The fourth-order valence-corrected chi connectivity index (χ4v) is 2.47. The highest BCUT2D eigenvalue weighted by Gasteiger charge is 2.26. The number of primary amides is 1. The second kappa shape index (κ2) is 4.08. The molecule has 0 radical (unpaired) electrons. The third-order valence-corrected chi connectivity index (χ3v) is 3.70. The molecule has 0 atom stereocenters. The third-order valence-electron chi connectivity index (χ3n) is 2.78. The Hall–Kier alpha value is -1.47. The van der Waals surface area contributed by atoms with Gasteiger partial charge in [-0.05, 0) is 29.7 Å². The summed E-state index contributed by atoms with van der Waals surface area (Å²) < 4.78 is 35.1. The summed E-state index contributed by atoms with van der Waals surface area (Å²) in [6.07, 6.45) is 0.428. The van der Waals surface area contributed by atoms with Crippen LogP contribution < -0.4 is 5.73 Å². The molecule has 1 aliphatic rings. The summed E-state index contributed by atoms with van der Waals surface area (Å²) in [6.45, 7) is 0.0526. The van der Waals surface area contributed by atoms with Gasteiger partial charge in [-0.2, -0.15) is 12.7 Å². The maximum atomic E-state index is 12.8. The molecule has 0 bridgehead atoms. The summed E-state index contributed by atoms with van der Waals surface area (Å²) in [5, 5.41) is 0. The summed E-state index contributed by atoms with van der Waals surface area (Å²) in [7, 11) is -4.68. The molecule has 2 N–H and O–H groups in total.